The summed E-state index contributed by atoms with van der Waals surface area (Å²) in [4.78, 5) is 8.52. The van der Waals surface area contributed by atoms with E-state index in [4.69, 9.17) is 0 Å². The third kappa shape index (κ3) is 2.95. The number of halogens is 1. The van der Waals surface area contributed by atoms with E-state index >= 15 is 0 Å². The van der Waals surface area contributed by atoms with Crippen LogP contribution in [-0.4, -0.2) is 12.4 Å². The third-order valence-electron chi connectivity index (χ3n) is 3.41. The summed E-state index contributed by atoms with van der Waals surface area (Å²) in [6.45, 7) is 0. The highest BCUT2D eigenvalue weighted by Gasteiger charge is 2.29. The van der Waals surface area contributed by atoms with Gasteiger partial charge in [0.05, 0.1) is 5.70 Å². The molecule has 90 valence electrons. The van der Waals surface area contributed by atoms with E-state index in [1.54, 1.807) is 0 Å². The van der Waals surface area contributed by atoms with Crippen LogP contribution >= 0.6 is 15.9 Å². The first-order chi connectivity index (χ1) is 8.34. The van der Waals surface area contributed by atoms with Crippen LogP contribution in [0, 0.1) is 11.8 Å². The second kappa shape index (κ2) is 4.89. The fraction of sp³-hybridized carbons (Fsp3) is 0.571. The third-order valence-corrected chi connectivity index (χ3v) is 4.14. The first-order valence-corrected chi connectivity index (χ1v) is 7.27. The normalized spacial score (nSPS) is 26.1. The van der Waals surface area contributed by atoms with Gasteiger partial charge in [0.2, 0.25) is 0 Å². The topological polar surface area (TPSA) is 24.7 Å². The van der Waals surface area contributed by atoms with Gasteiger partial charge >= 0.3 is 0 Å². The van der Waals surface area contributed by atoms with Gasteiger partial charge in [-0.1, -0.05) is 22.0 Å². The van der Waals surface area contributed by atoms with Crippen molar-refractivity contribution >= 4 is 28.4 Å². The molecule has 2 aliphatic heterocycles. The molecule has 4 aliphatic rings. The minimum atomic E-state index is 0.804. The van der Waals surface area contributed by atoms with Crippen molar-refractivity contribution in [2.75, 3.05) is 0 Å². The average molecular weight is 293 g/mol. The predicted molar refractivity (Wildman–Crippen MR) is 75.7 cm³/mol. The Morgan fingerprint density at radius 3 is 2.24 bits per heavy atom. The van der Waals surface area contributed by atoms with Crippen LogP contribution in [0.25, 0.3) is 0 Å². The van der Waals surface area contributed by atoms with Crippen LogP contribution in [0.4, 0.5) is 0 Å². The number of hydrogen-bond acceptors (Lipinski definition) is 2. The van der Waals surface area contributed by atoms with Gasteiger partial charge in [-0.05, 0) is 25.7 Å². The number of rotatable bonds is 2. The number of hydrogen-bond donors (Lipinski definition) is 0. The number of aliphatic imine (C=N–C) groups is 2. The fourth-order valence-electron chi connectivity index (χ4n) is 2.12. The lowest BCUT2D eigenvalue weighted by molar-refractivity contribution is 0.986. The summed E-state index contributed by atoms with van der Waals surface area (Å²) in [7, 11) is 0. The molecule has 2 aliphatic carbocycles. The minimum Gasteiger partial charge on any atom is -0.265 e. The molecule has 0 unspecified atom stereocenters. The highest BCUT2D eigenvalue weighted by Crippen LogP contribution is 2.42. The lowest BCUT2D eigenvalue weighted by Gasteiger charge is -1.92. The molecule has 0 saturated heterocycles. The second-order valence-corrected chi connectivity index (χ2v) is 5.99. The maximum absolute atomic E-state index is 4.29. The van der Waals surface area contributed by atoms with Gasteiger partial charge in [-0.2, -0.15) is 0 Å². The van der Waals surface area contributed by atoms with E-state index in [0.29, 0.717) is 0 Å². The monoisotopic (exact) mass is 292 g/mol. The minimum absolute atomic E-state index is 0.804. The van der Waals surface area contributed by atoms with Gasteiger partial charge in [0.15, 0.2) is 0 Å². The Hall–Kier alpha value is -0.700. The fourth-order valence-corrected chi connectivity index (χ4v) is 2.69. The van der Waals surface area contributed by atoms with Crippen LogP contribution in [0.1, 0.15) is 38.5 Å². The van der Waals surface area contributed by atoms with E-state index in [2.05, 4.69) is 32.0 Å². The summed E-state index contributed by atoms with van der Waals surface area (Å²) >= 11 is 3.50. The Labute approximate surface area is 111 Å². The van der Waals surface area contributed by atoms with Crippen molar-refractivity contribution < 1.29 is 0 Å². The lowest BCUT2D eigenvalue weighted by Crippen LogP contribution is -1.77. The largest absolute Gasteiger partial charge is 0.265 e. The predicted octanol–water partition coefficient (Wildman–Crippen LogP) is 4.23. The van der Waals surface area contributed by atoms with Crippen LogP contribution in [0.2, 0.25) is 0 Å². The van der Waals surface area contributed by atoms with Crippen LogP contribution in [0.3, 0.4) is 0 Å². The summed E-state index contributed by atoms with van der Waals surface area (Å²) in [5, 5.41) is 0. The maximum Gasteiger partial charge on any atom is 0.0535 e. The maximum atomic E-state index is 4.29. The summed E-state index contributed by atoms with van der Waals surface area (Å²) in [5.74, 6) is 1.66. The Bertz CT molecular complexity index is 424. The van der Waals surface area contributed by atoms with E-state index in [9.17, 15) is 0 Å². The van der Waals surface area contributed by atoms with Crippen molar-refractivity contribution in [1.82, 2.24) is 0 Å². The molecule has 0 atom stereocenters. The van der Waals surface area contributed by atoms with Gasteiger partial charge < -0.3 is 0 Å². The molecule has 17 heavy (non-hydrogen) atoms. The molecule has 0 N–H and O–H groups in total. The zero-order chi connectivity index (χ0) is 11.7. The van der Waals surface area contributed by atoms with Gasteiger partial charge in [-0.25, -0.2) is 0 Å². The van der Waals surface area contributed by atoms with E-state index in [0.717, 1.165) is 24.7 Å². The Kier molecular flexibility index (Phi) is 3.28. The van der Waals surface area contributed by atoms with Crippen LogP contribution in [0.5, 0.6) is 0 Å². The summed E-state index contributed by atoms with van der Waals surface area (Å²) in [6, 6.07) is 0. The highest BCUT2D eigenvalue weighted by molar-refractivity contribution is 9.11. The quantitative estimate of drug-likeness (QED) is 0.728. The van der Waals surface area contributed by atoms with E-state index in [1.807, 2.05) is 12.4 Å². The molecule has 0 aromatic rings. The van der Waals surface area contributed by atoms with Gasteiger partial charge in [-0.15, -0.1) is 0 Å². The Balaban J connectivity index is 0.000000107. The molecular weight excluding hydrogens is 276 g/mol. The summed E-state index contributed by atoms with van der Waals surface area (Å²) < 4.78 is 1.31. The van der Waals surface area contributed by atoms with Gasteiger partial charge in [0.25, 0.3) is 0 Å². The van der Waals surface area contributed by atoms with Gasteiger partial charge in [-0.3, -0.25) is 9.98 Å². The molecule has 0 amide bonds. The van der Waals surface area contributed by atoms with Crippen molar-refractivity contribution in [1.29, 1.82) is 0 Å². The van der Waals surface area contributed by atoms with Crippen LogP contribution in [-0.2, 0) is 0 Å². The smallest absolute Gasteiger partial charge is 0.0535 e. The molecule has 0 aromatic carbocycles. The molecular formula is C14H17BrN2. The van der Waals surface area contributed by atoms with Gasteiger partial charge in [0.1, 0.15) is 0 Å². The highest BCUT2D eigenvalue weighted by atomic mass is 79.9. The first-order valence-electron chi connectivity index (χ1n) is 6.48. The summed E-state index contributed by atoms with van der Waals surface area (Å²) in [5.41, 5.74) is 2.67. The second-order valence-electron chi connectivity index (χ2n) is 5.03. The average Bonchev–Trinajstić information content (AvgIpc) is 3.27. The molecule has 4 rings (SSSR count). The molecule has 3 heteroatoms. The van der Waals surface area contributed by atoms with E-state index in [-0.39, 0.29) is 0 Å². The van der Waals surface area contributed by atoms with Crippen LogP contribution < -0.4 is 0 Å². The standard InChI is InChI=1S/C7H8BrN.C7H9N/c8-6-3-4-9-7(6)5-1-2-5;1-2-7(8-5-1)6-3-4-6/h4-5H,1-3H2;2,5-6H,1,3-4H2. The first kappa shape index (κ1) is 11.4. The van der Waals surface area contributed by atoms with Crippen LogP contribution in [0.15, 0.2) is 31.9 Å². The van der Waals surface area contributed by atoms with Crippen molar-refractivity contribution in [2.24, 2.45) is 21.8 Å². The zero-order valence-corrected chi connectivity index (χ0v) is 11.5. The molecule has 2 nitrogen and oxygen atoms in total. The molecule has 2 saturated carbocycles. The number of allylic oxidation sites excluding steroid dienone is 4. The lowest BCUT2D eigenvalue weighted by atomic mass is 10.3. The van der Waals surface area contributed by atoms with E-state index in [1.165, 1.54) is 41.6 Å². The van der Waals surface area contributed by atoms with Gasteiger partial charge in [0, 0.05) is 47.3 Å². The van der Waals surface area contributed by atoms with Crippen molar-refractivity contribution in [3.8, 4) is 0 Å². The molecule has 0 spiro atoms. The van der Waals surface area contributed by atoms with Crippen molar-refractivity contribution in [2.45, 2.75) is 38.5 Å². The SMILES string of the molecule is BrC1=C(C2CC2)N=CC1.C1=NC(C2CC2)=CC1. The number of nitrogens with zero attached hydrogens (tertiary/aromatic N) is 2. The Morgan fingerprint density at radius 1 is 1.00 bits per heavy atom. The molecule has 0 aromatic heterocycles. The molecule has 0 bridgehead atoms. The van der Waals surface area contributed by atoms with E-state index < -0.39 is 0 Å². The summed E-state index contributed by atoms with van der Waals surface area (Å²) in [6.07, 6.45) is 13.8. The molecule has 2 fully saturated rings. The molecule has 0 radical (unpaired) electrons. The Morgan fingerprint density at radius 2 is 1.76 bits per heavy atom. The molecule has 2 heterocycles. The zero-order valence-electron chi connectivity index (χ0n) is 9.90. The van der Waals surface area contributed by atoms with Crippen molar-refractivity contribution in [3.05, 3.63) is 22.0 Å². The van der Waals surface area contributed by atoms with Crippen molar-refractivity contribution in [3.63, 3.8) is 0 Å².